The van der Waals surface area contributed by atoms with Crippen molar-refractivity contribution in [3.63, 3.8) is 0 Å². The first-order valence-corrected chi connectivity index (χ1v) is 9.99. The van der Waals surface area contributed by atoms with Crippen LogP contribution in [-0.4, -0.2) is 25.0 Å². The maximum absolute atomic E-state index is 11.9. The summed E-state index contributed by atoms with van der Waals surface area (Å²) in [5, 5.41) is 0. The molecule has 0 saturated heterocycles. The van der Waals surface area contributed by atoms with Crippen LogP contribution in [0.2, 0.25) is 0 Å². The molecule has 2 aromatic carbocycles. The molecule has 2 aromatic rings. The van der Waals surface area contributed by atoms with Gasteiger partial charge in [0.2, 0.25) is 0 Å². The Hall–Kier alpha value is -3.02. The second kappa shape index (κ2) is 9.65. The Morgan fingerprint density at radius 1 is 0.633 bits per heavy atom. The number of amides is 2. The van der Waals surface area contributed by atoms with E-state index in [2.05, 4.69) is 52.4 Å². The predicted octanol–water partition coefficient (Wildman–Crippen LogP) is 3.89. The molecule has 0 bridgehead atoms. The highest BCUT2D eigenvalue weighted by Crippen LogP contribution is 2.25. The molecule has 2 rings (SSSR count). The molecular formula is C24H32N2O4. The Kier molecular flexibility index (Phi) is 7.48. The maximum Gasteiger partial charge on any atom is 0.276 e. The van der Waals surface area contributed by atoms with Gasteiger partial charge in [0.05, 0.1) is 0 Å². The summed E-state index contributed by atoms with van der Waals surface area (Å²) in [6, 6.07) is 15.2. The fraction of sp³-hybridized carbons (Fsp3) is 0.417. The number of hydrogen-bond donors (Lipinski definition) is 2. The first kappa shape index (κ1) is 23.3. The molecule has 0 saturated carbocycles. The smallest absolute Gasteiger partial charge is 0.276 e. The van der Waals surface area contributed by atoms with Crippen molar-refractivity contribution < 1.29 is 19.1 Å². The van der Waals surface area contributed by atoms with E-state index in [-0.39, 0.29) is 24.0 Å². The molecule has 0 spiro atoms. The van der Waals surface area contributed by atoms with Gasteiger partial charge in [-0.3, -0.25) is 20.4 Å². The van der Waals surface area contributed by atoms with E-state index in [1.807, 2.05) is 48.5 Å². The van der Waals surface area contributed by atoms with Crippen molar-refractivity contribution in [2.75, 3.05) is 13.2 Å². The lowest BCUT2D eigenvalue weighted by Crippen LogP contribution is -2.45. The van der Waals surface area contributed by atoms with Gasteiger partial charge < -0.3 is 9.47 Å². The minimum absolute atomic E-state index is 0.0525. The number of hydrazine groups is 1. The van der Waals surface area contributed by atoms with Gasteiger partial charge >= 0.3 is 0 Å². The predicted molar refractivity (Wildman–Crippen MR) is 118 cm³/mol. The highest BCUT2D eigenvalue weighted by Gasteiger charge is 2.14. The average Bonchev–Trinajstić information content (AvgIpc) is 2.68. The van der Waals surface area contributed by atoms with E-state index >= 15 is 0 Å². The molecule has 162 valence electrons. The van der Waals surface area contributed by atoms with Crippen molar-refractivity contribution in [1.82, 2.24) is 10.9 Å². The van der Waals surface area contributed by atoms with E-state index in [4.69, 9.17) is 9.47 Å². The normalized spacial score (nSPS) is 11.5. The second-order valence-electron chi connectivity index (χ2n) is 9.22. The van der Waals surface area contributed by atoms with Gasteiger partial charge in [-0.2, -0.15) is 0 Å². The van der Waals surface area contributed by atoms with Crippen LogP contribution in [-0.2, 0) is 20.4 Å². The van der Waals surface area contributed by atoms with Crippen LogP contribution in [0.25, 0.3) is 0 Å². The van der Waals surface area contributed by atoms with Crippen molar-refractivity contribution in [2.24, 2.45) is 0 Å². The number of rotatable bonds is 6. The van der Waals surface area contributed by atoms with Crippen molar-refractivity contribution >= 4 is 11.8 Å². The van der Waals surface area contributed by atoms with Crippen LogP contribution in [0.4, 0.5) is 0 Å². The third kappa shape index (κ3) is 7.43. The molecule has 0 radical (unpaired) electrons. The van der Waals surface area contributed by atoms with E-state index in [1.165, 1.54) is 11.1 Å². The summed E-state index contributed by atoms with van der Waals surface area (Å²) < 4.78 is 10.9. The molecule has 0 aliphatic heterocycles. The zero-order valence-electron chi connectivity index (χ0n) is 18.7. The lowest BCUT2D eigenvalue weighted by atomic mass is 9.87. The third-order valence-electron chi connectivity index (χ3n) is 4.52. The van der Waals surface area contributed by atoms with Gasteiger partial charge in [0.25, 0.3) is 11.8 Å². The second-order valence-corrected chi connectivity index (χ2v) is 9.22. The summed E-state index contributed by atoms with van der Waals surface area (Å²) in [7, 11) is 0. The number of carbonyl (C=O) groups is 2. The van der Waals surface area contributed by atoms with Crippen molar-refractivity contribution in [3.05, 3.63) is 59.7 Å². The van der Waals surface area contributed by atoms with Gasteiger partial charge in [-0.05, 0) is 46.2 Å². The Bertz CT molecular complexity index is 771. The molecule has 2 N–H and O–H groups in total. The van der Waals surface area contributed by atoms with Crippen LogP contribution in [0.3, 0.4) is 0 Å². The zero-order valence-corrected chi connectivity index (χ0v) is 18.7. The van der Waals surface area contributed by atoms with E-state index in [9.17, 15) is 9.59 Å². The molecule has 0 heterocycles. The molecule has 0 aliphatic rings. The lowest BCUT2D eigenvalue weighted by Gasteiger charge is -2.19. The van der Waals surface area contributed by atoms with Crippen LogP contribution in [0, 0.1) is 0 Å². The Balaban J connectivity index is 1.70. The highest BCUT2D eigenvalue weighted by molar-refractivity contribution is 5.83. The van der Waals surface area contributed by atoms with Crippen LogP contribution >= 0.6 is 0 Å². The van der Waals surface area contributed by atoms with Crippen LogP contribution < -0.4 is 20.3 Å². The summed E-state index contributed by atoms with van der Waals surface area (Å²) in [6.45, 7) is 12.4. The molecule has 0 fully saturated rings. The number of ether oxygens (including phenoxy) is 2. The highest BCUT2D eigenvalue weighted by atomic mass is 16.5. The summed E-state index contributed by atoms with van der Waals surface area (Å²) in [5.74, 6) is 0.258. The molecule has 0 aromatic heterocycles. The van der Waals surface area contributed by atoms with Crippen molar-refractivity contribution in [1.29, 1.82) is 0 Å². The van der Waals surface area contributed by atoms with E-state index in [0.29, 0.717) is 11.5 Å². The van der Waals surface area contributed by atoms with E-state index < -0.39 is 11.8 Å². The number of hydrogen-bond acceptors (Lipinski definition) is 4. The van der Waals surface area contributed by atoms with Gasteiger partial charge in [0.1, 0.15) is 11.5 Å². The molecule has 0 atom stereocenters. The Labute approximate surface area is 178 Å². The molecular weight excluding hydrogens is 380 g/mol. The van der Waals surface area contributed by atoms with Crippen molar-refractivity contribution in [2.45, 2.75) is 52.4 Å². The van der Waals surface area contributed by atoms with Gasteiger partial charge in [0.15, 0.2) is 13.2 Å². The van der Waals surface area contributed by atoms with E-state index in [0.717, 1.165) is 0 Å². The first-order chi connectivity index (χ1) is 13.9. The maximum atomic E-state index is 11.9. The third-order valence-corrected chi connectivity index (χ3v) is 4.52. The molecule has 6 heteroatoms. The summed E-state index contributed by atoms with van der Waals surface area (Å²) in [4.78, 5) is 23.7. The van der Waals surface area contributed by atoms with Crippen molar-refractivity contribution in [3.8, 4) is 11.5 Å². The Morgan fingerprint density at radius 3 is 1.20 bits per heavy atom. The molecule has 6 nitrogen and oxygen atoms in total. The van der Waals surface area contributed by atoms with Gasteiger partial charge in [0, 0.05) is 0 Å². The molecule has 0 unspecified atom stereocenters. The van der Waals surface area contributed by atoms with Crippen LogP contribution in [0.15, 0.2) is 48.5 Å². The quantitative estimate of drug-likeness (QED) is 0.706. The standard InChI is InChI=1S/C24H32N2O4/c1-23(2,3)17-7-11-19(12-8-17)29-15-21(27)25-26-22(28)16-30-20-13-9-18(10-14-20)24(4,5)6/h7-14H,15-16H2,1-6H3,(H,25,27)(H,26,28). The number of carbonyl (C=O) groups excluding carboxylic acids is 2. The zero-order chi connectivity index (χ0) is 22.4. The van der Waals surface area contributed by atoms with Gasteiger partial charge in [-0.1, -0.05) is 65.8 Å². The topological polar surface area (TPSA) is 76.7 Å². The number of benzene rings is 2. The molecule has 30 heavy (non-hydrogen) atoms. The fourth-order valence-corrected chi connectivity index (χ4v) is 2.61. The van der Waals surface area contributed by atoms with E-state index in [1.54, 1.807) is 0 Å². The molecule has 2 amide bonds. The summed E-state index contributed by atoms with van der Waals surface area (Å²) >= 11 is 0. The summed E-state index contributed by atoms with van der Waals surface area (Å²) in [5.41, 5.74) is 7.09. The van der Waals surface area contributed by atoms with Crippen LogP contribution in [0.1, 0.15) is 52.7 Å². The summed E-state index contributed by atoms with van der Waals surface area (Å²) in [6.07, 6.45) is 0. The monoisotopic (exact) mass is 412 g/mol. The van der Waals surface area contributed by atoms with Crippen LogP contribution in [0.5, 0.6) is 11.5 Å². The number of nitrogens with one attached hydrogen (secondary N) is 2. The lowest BCUT2D eigenvalue weighted by molar-refractivity contribution is -0.131. The van der Waals surface area contributed by atoms with Gasteiger partial charge in [-0.15, -0.1) is 0 Å². The molecule has 0 aliphatic carbocycles. The SMILES string of the molecule is CC(C)(C)c1ccc(OCC(=O)NNC(=O)COc2ccc(C(C)(C)C)cc2)cc1. The average molecular weight is 413 g/mol. The fourth-order valence-electron chi connectivity index (χ4n) is 2.61. The minimum Gasteiger partial charge on any atom is -0.484 e. The first-order valence-electron chi connectivity index (χ1n) is 9.99. The van der Waals surface area contributed by atoms with Gasteiger partial charge in [-0.25, -0.2) is 0 Å². The largest absolute Gasteiger partial charge is 0.484 e. The minimum atomic E-state index is -0.460. The Morgan fingerprint density at radius 2 is 0.933 bits per heavy atom.